The van der Waals surface area contributed by atoms with Crippen LogP contribution >= 0.6 is 0 Å². The third kappa shape index (κ3) is 3.61. The molecule has 0 spiro atoms. The lowest BCUT2D eigenvalue weighted by Gasteiger charge is -2.24. The fraction of sp³-hybridized carbons (Fsp3) is 0.400. The fourth-order valence-corrected chi connectivity index (χ4v) is 4.56. The average molecular weight is 429 g/mol. The van der Waals surface area contributed by atoms with Gasteiger partial charge in [-0.15, -0.1) is 10.2 Å². The summed E-state index contributed by atoms with van der Waals surface area (Å²) >= 11 is 0. The van der Waals surface area contributed by atoms with Crippen molar-refractivity contribution in [3.05, 3.63) is 54.2 Å². The predicted molar refractivity (Wildman–Crippen MR) is 125 cm³/mol. The second-order valence-electron chi connectivity index (χ2n) is 9.21. The molecule has 7 heteroatoms. The van der Waals surface area contributed by atoms with Crippen LogP contribution in [0.25, 0.3) is 28.1 Å². The number of ether oxygens (including phenoxy) is 1. The molecule has 2 atom stereocenters. The first-order valence-electron chi connectivity index (χ1n) is 11.5. The van der Waals surface area contributed by atoms with Crippen LogP contribution in [0.2, 0.25) is 0 Å². The molecular formula is C25H28N6O. The summed E-state index contributed by atoms with van der Waals surface area (Å²) in [4.78, 5) is 7.39. The Morgan fingerprint density at radius 2 is 2.00 bits per heavy atom. The van der Waals surface area contributed by atoms with E-state index >= 15 is 0 Å². The van der Waals surface area contributed by atoms with Gasteiger partial charge in [-0.05, 0) is 55.9 Å². The molecule has 1 aliphatic carbocycles. The molecule has 1 aliphatic heterocycles. The number of para-hydroxylation sites is 1. The van der Waals surface area contributed by atoms with Crippen LogP contribution in [0, 0.1) is 5.92 Å². The zero-order chi connectivity index (χ0) is 21.7. The molecule has 1 saturated heterocycles. The monoisotopic (exact) mass is 428 g/mol. The molecule has 0 amide bonds. The Hall–Kier alpha value is -3.03. The highest BCUT2D eigenvalue weighted by Crippen LogP contribution is 2.32. The van der Waals surface area contributed by atoms with E-state index in [1.54, 1.807) is 0 Å². The molecular weight excluding hydrogens is 400 g/mol. The normalized spacial score (nSPS) is 20.2. The van der Waals surface area contributed by atoms with Gasteiger partial charge in [0.2, 0.25) is 0 Å². The van der Waals surface area contributed by atoms with Crippen LogP contribution in [0.3, 0.4) is 0 Å². The van der Waals surface area contributed by atoms with E-state index in [0.29, 0.717) is 5.92 Å². The van der Waals surface area contributed by atoms with Crippen molar-refractivity contribution in [1.82, 2.24) is 24.5 Å². The Kier molecular flexibility index (Phi) is 4.81. The van der Waals surface area contributed by atoms with Crippen LogP contribution in [-0.4, -0.2) is 50.2 Å². The quantitative estimate of drug-likeness (QED) is 0.503. The molecule has 4 heterocycles. The number of fused-ring (bicyclic) bond motifs is 2. The summed E-state index contributed by atoms with van der Waals surface area (Å²) < 4.78 is 8.14. The lowest BCUT2D eigenvalue weighted by molar-refractivity contribution is 0.259. The van der Waals surface area contributed by atoms with E-state index in [4.69, 9.17) is 15.5 Å². The van der Waals surface area contributed by atoms with Crippen LogP contribution in [0.1, 0.15) is 37.8 Å². The third-order valence-electron chi connectivity index (χ3n) is 6.80. The van der Waals surface area contributed by atoms with E-state index in [-0.39, 0.29) is 12.1 Å². The van der Waals surface area contributed by atoms with Gasteiger partial charge < -0.3 is 10.5 Å². The minimum atomic E-state index is 0.268. The number of rotatable bonds is 6. The first-order chi connectivity index (χ1) is 15.7. The molecule has 1 saturated carbocycles. The maximum atomic E-state index is 6.13. The SMILES string of the molecule is C[C@@H](c1ccc2nnc(-c3ccc4cccc(OCC5CC5)c4n3)n2c1)N1CC[C@@H](N)C1. The van der Waals surface area contributed by atoms with Crippen LogP contribution in [0.5, 0.6) is 5.75 Å². The molecule has 2 aliphatic rings. The summed E-state index contributed by atoms with van der Waals surface area (Å²) in [6, 6.07) is 14.9. The van der Waals surface area contributed by atoms with Crippen molar-refractivity contribution in [3.8, 4) is 17.3 Å². The molecule has 7 nitrogen and oxygen atoms in total. The second-order valence-corrected chi connectivity index (χ2v) is 9.21. The van der Waals surface area contributed by atoms with Gasteiger partial charge in [0.25, 0.3) is 0 Å². The zero-order valence-electron chi connectivity index (χ0n) is 18.3. The zero-order valence-corrected chi connectivity index (χ0v) is 18.3. The predicted octanol–water partition coefficient (Wildman–Crippen LogP) is 3.83. The van der Waals surface area contributed by atoms with E-state index in [2.05, 4.69) is 46.4 Å². The average Bonchev–Trinajstić information content (AvgIpc) is 3.39. The number of benzene rings is 1. The van der Waals surface area contributed by atoms with E-state index in [1.807, 2.05) is 28.7 Å². The minimum absolute atomic E-state index is 0.268. The Morgan fingerprint density at radius 3 is 2.81 bits per heavy atom. The van der Waals surface area contributed by atoms with Crippen molar-refractivity contribution in [1.29, 1.82) is 0 Å². The first-order valence-corrected chi connectivity index (χ1v) is 11.5. The molecule has 2 fully saturated rings. The standard InChI is InChI=1S/C25H28N6O/c1-16(30-12-11-20(26)14-30)19-8-10-23-28-29-25(31(23)13-19)21-9-7-18-3-2-4-22(24(18)27-21)32-15-17-5-6-17/h2-4,7-10,13,16-17,20H,5-6,11-12,14-15,26H2,1H3/t16-,20+/m0/s1. The highest BCUT2D eigenvalue weighted by atomic mass is 16.5. The lowest BCUT2D eigenvalue weighted by Crippen LogP contribution is -2.28. The fourth-order valence-electron chi connectivity index (χ4n) is 4.56. The Bertz CT molecular complexity index is 1280. The highest BCUT2D eigenvalue weighted by Gasteiger charge is 2.25. The maximum absolute atomic E-state index is 6.13. The molecule has 4 aromatic rings. The van der Waals surface area contributed by atoms with Gasteiger partial charge >= 0.3 is 0 Å². The molecule has 3 aromatic heterocycles. The van der Waals surface area contributed by atoms with E-state index in [0.717, 1.165) is 59.9 Å². The van der Waals surface area contributed by atoms with Crippen molar-refractivity contribution in [2.45, 2.75) is 38.3 Å². The van der Waals surface area contributed by atoms with Gasteiger partial charge in [0.1, 0.15) is 17.0 Å². The molecule has 0 radical (unpaired) electrons. The largest absolute Gasteiger partial charge is 0.491 e. The van der Waals surface area contributed by atoms with Crippen LogP contribution in [0.4, 0.5) is 0 Å². The van der Waals surface area contributed by atoms with Crippen molar-refractivity contribution >= 4 is 16.6 Å². The van der Waals surface area contributed by atoms with Crippen molar-refractivity contribution in [2.75, 3.05) is 19.7 Å². The van der Waals surface area contributed by atoms with Crippen LogP contribution in [-0.2, 0) is 0 Å². The molecule has 32 heavy (non-hydrogen) atoms. The summed E-state index contributed by atoms with van der Waals surface area (Å²) in [6.07, 6.45) is 5.72. The van der Waals surface area contributed by atoms with E-state index in [9.17, 15) is 0 Å². The topological polar surface area (TPSA) is 81.6 Å². The van der Waals surface area contributed by atoms with Gasteiger partial charge in [0, 0.05) is 36.8 Å². The minimum Gasteiger partial charge on any atom is -0.491 e. The molecule has 6 rings (SSSR count). The summed E-state index contributed by atoms with van der Waals surface area (Å²) in [5.74, 6) is 2.27. The Morgan fingerprint density at radius 1 is 1.09 bits per heavy atom. The molecule has 1 aromatic carbocycles. The number of hydrogen-bond donors (Lipinski definition) is 1. The smallest absolute Gasteiger partial charge is 0.187 e. The van der Waals surface area contributed by atoms with Gasteiger partial charge in [-0.2, -0.15) is 0 Å². The van der Waals surface area contributed by atoms with Crippen molar-refractivity contribution in [2.24, 2.45) is 11.7 Å². The van der Waals surface area contributed by atoms with Gasteiger partial charge in [0.05, 0.1) is 6.61 Å². The second kappa shape index (κ2) is 7.83. The highest BCUT2D eigenvalue weighted by molar-refractivity contribution is 5.86. The van der Waals surface area contributed by atoms with Crippen molar-refractivity contribution in [3.63, 3.8) is 0 Å². The number of nitrogens with two attached hydrogens (primary N) is 1. The van der Waals surface area contributed by atoms with Gasteiger partial charge in [-0.1, -0.05) is 24.3 Å². The van der Waals surface area contributed by atoms with Gasteiger partial charge in [0.15, 0.2) is 11.5 Å². The Balaban J connectivity index is 1.37. The lowest BCUT2D eigenvalue weighted by atomic mass is 10.1. The molecule has 2 N–H and O–H groups in total. The number of aromatic nitrogens is 4. The maximum Gasteiger partial charge on any atom is 0.187 e. The summed E-state index contributed by atoms with van der Waals surface area (Å²) in [5.41, 5.74) is 9.83. The number of hydrogen-bond acceptors (Lipinski definition) is 6. The number of nitrogens with zero attached hydrogens (tertiary/aromatic N) is 5. The molecule has 164 valence electrons. The van der Waals surface area contributed by atoms with Crippen LogP contribution < -0.4 is 10.5 Å². The van der Waals surface area contributed by atoms with E-state index in [1.165, 1.54) is 18.4 Å². The summed E-state index contributed by atoms with van der Waals surface area (Å²) in [7, 11) is 0. The third-order valence-corrected chi connectivity index (χ3v) is 6.80. The van der Waals surface area contributed by atoms with Gasteiger partial charge in [-0.25, -0.2) is 4.98 Å². The molecule has 0 bridgehead atoms. The summed E-state index contributed by atoms with van der Waals surface area (Å²) in [5, 5.41) is 9.92. The Labute approximate surface area is 187 Å². The van der Waals surface area contributed by atoms with Crippen molar-refractivity contribution < 1.29 is 4.74 Å². The number of likely N-dealkylation sites (tertiary alicyclic amines) is 1. The molecule has 0 unspecified atom stereocenters. The van der Waals surface area contributed by atoms with E-state index < -0.39 is 0 Å². The van der Waals surface area contributed by atoms with Crippen LogP contribution in [0.15, 0.2) is 48.7 Å². The van der Waals surface area contributed by atoms with Gasteiger partial charge in [-0.3, -0.25) is 9.30 Å². The summed E-state index contributed by atoms with van der Waals surface area (Å²) in [6.45, 7) is 4.97. The number of pyridine rings is 2. The first kappa shape index (κ1) is 19.6.